The average Bonchev–Trinajstić information content (AvgIpc) is 2.70. The highest BCUT2D eigenvalue weighted by atomic mass is 16.2. The largest absolute Gasteiger partial charge is 0.350 e. The van der Waals surface area contributed by atoms with Crippen molar-refractivity contribution in [2.75, 3.05) is 0 Å². The van der Waals surface area contributed by atoms with E-state index in [2.05, 4.69) is 5.32 Å². The Morgan fingerprint density at radius 1 is 1.24 bits per heavy atom. The third kappa shape index (κ3) is 3.60. The van der Waals surface area contributed by atoms with Gasteiger partial charge in [0.25, 0.3) is 0 Å². The minimum Gasteiger partial charge on any atom is -0.350 e. The number of hydrogen-bond donors (Lipinski definition) is 1. The molecule has 0 aromatic heterocycles. The van der Waals surface area contributed by atoms with Crippen molar-refractivity contribution in [1.82, 2.24) is 10.2 Å². The molecule has 1 N–H and O–H groups in total. The molecule has 1 aromatic rings. The maximum Gasteiger partial charge on any atom is 0.246 e. The molecule has 1 aliphatic heterocycles. The summed E-state index contributed by atoms with van der Waals surface area (Å²) in [5.74, 6) is -0.258. The molecule has 0 atom stereocenters. The zero-order chi connectivity index (χ0) is 15.3. The van der Waals surface area contributed by atoms with Gasteiger partial charge < -0.3 is 10.2 Å². The second-order valence-corrected chi connectivity index (χ2v) is 5.46. The third-order valence-corrected chi connectivity index (χ3v) is 3.50. The van der Waals surface area contributed by atoms with Crippen molar-refractivity contribution < 1.29 is 9.59 Å². The molecule has 2 rings (SSSR count). The normalized spacial score (nSPS) is 15.0. The maximum atomic E-state index is 12.4. The predicted octanol–water partition coefficient (Wildman–Crippen LogP) is 2.38. The molecule has 0 unspecified atom stereocenters. The molecule has 1 heterocycles. The summed E-state index contributed by atoms with van der Waals surface area (Å²) in [4.78, 5) is 26.0. The molecule has 0 radical (unpaired) electrons. The van der Waals surface area contributed by atoms with Gasteiger partial charge in [-0.1, -0.05) is 42.5 Å². The molecule has 0 saturated heterocycles. The molecule has 0 fully saturated rings. The molecule has 0 spiro atoms. The van der Waals surface area contributed by atoms with Gasteiger partial charge in [0, 0.05) is 19.2 Å². The van der Waals surface area contributed by atoms with E-state index in [-0.39, 0.29) is 11.8 Å². The van der Waals surface area contributed by atoms with Gasteiger partial charge in [0.1, 0.15) is 5.54 Å². The lowest BCUT2D eigenvalue weighted by Crippen LogP contribution is -2.54. The van der Waals surface area contributed by atoms with Crippen molar-refractivity contribution in [3.63, 3.8) is 0 Å². The van der Waals surface area contributed by atoms with Crippen molar-refractivity contribution in [1.29, 1.82) is 0 Å². The molecule has 1 aromatic carbocycles. The Morgan fingerprint density at radius 3 is 2.67 bits per heavy atom. The van der Waals surface area contributed by atoms with E-state index in [1.54, 1.807) is 32.2 Å². The van der Waals surface area contributed by atoms with Gasteiger partial charge in [-0.3, -0.25) is 9.59 Å². The first-order valence-corrected chi connectivity index (χ1v) is 6.99. The molecule has 1 aliphatic rings. The maximum absolute atomic E-state index is 12.4. The monoisotopic (exact) mass is 284 g/mol. The van der Waals surface area contributed by atoms with Crippen LogP contribution in [0.3, 0.4) is 0 Å². The quantitative estimate of drug-likeness (QED) is 0.923. The van der Waals surface area contributed by atoms with Crippen molar-refractivity contribution in [2.24, 2.45) is 0 Å². The van der Waals surface area contributed by atoms with E-state index < -0.39 is 5.54 Å². The van der Waals surface area contributed by atoms with Crippen LogP contribution in [0.1, 0.15) is 25.8 Å². The van der Waals surface area contributed by atoms with Crippen LogP contribution in [0.2, 0.25) is 0 Å². The van der Waals surface area contributed by atoms with Crippen LogP contribution in [0, 0.1) is 0 Å². The van der Waals surface area contributed by atoms with Crippen molar-refractivity contribution in [3.8, 4) is 0 Å². The molecule has 0 saturated carbocycles. The van der Waals surface area contributed by atoms with E-state index in [4.69, 9.17) is 0 Å². The average molecular weight is 284 g/mol. The first-order chi connectivity index (χ1) is 10.0. The molecular formula is C17H20N2O2. The fourth-order valence-electron chi connectivity index (χ4n) is 2.17. The van der Waals surface area contributed by atoms with Crippen LogP contribution < -0.4 is 5.32 Å². The predicted molar refractivity (Wildman–Crippen MR) is 82.1 cm³/mol. The van der Waals surface area contributed by atoms with Crippen molar-refractivity contribution >= 4 is 11.8 Å². The second kappa shape index (κ2) is 6.39. The second-order valence-electron chi connectivity index (χ2n) is 5.46. The topological polar surface area (TPSA) is 49.4 Å². The molecule has 4 heteroatoms. The lowest BCUT2D eigenvalue weighted by Gasteiger charge is -2.34. The molecule has 2 amide bonds. The van der Waals surface area contributed by atoms with Crippen LogP contribution in [0.15, 0.2) is 54.8 Å². The van der Waals surface area contributed by atoms with Gasteiger partial charge in [-0.2, -0.15) is 0 Å². The number of rotatable bonds is 4. The van der Waals surface area contributed by atoms with Crippen LogP contribution >= 0.6 is 0 Å². The van der Waals surface area contributed by atoms with Gasteiger partial charge >= 0.3 is 0 Å². The Labute approximate surface area is 125 Å². The highest BCUT2D eigenvalue weighted by Gasteiger charge is 2.36. The lowest BCUT2D eigenvalue weighted by atomic mass is 10.0. The number of amides is 2. The van der Waals surface area contributed by atoms with E-state index >= 15 is 0 Å². The molecular weight excluding hydrogens is 264 g/mol. The van der Waals surface area contributed by atoms with Gasteiger partial charge in [0.2, 0.25) is 11.8 Å². The highest BCUT2D eigenvalue weighted by molar-refractivity contribution is 5.92. The summed E-state index contributed by atoms with van der Waals surface area (Å²) in [6.07, 6.45) is 7.35. The van der Waals surface area contributed by atoms with Crippen LogP contribution in [-0.4, -0.2) is 22.3 Å². The summed E-state index contributed by atoms with van der Waals surface area (Å²) in [5.41, 5.74) is 0.107. The van der Waals surface area contributed by atoms with Gasteiger partial charge in [-0.05, 0) is 25.5 Å². The Morgan fingerprint density at radius 2 is 1.95 bits per heavy atom. The number of nitrogens with zero attached hydrogens (tertiary/aromatic N) is 1. The molecule has 110 valence electrons. The Bertz CT molecular complexity index is 574. The minimum atomic E-state index is -0.922. The summed E-state index contributed by atoms with van der Waals surface area (Å²) in [6, 6.07) is 9.70. The van der Waals surface area contributed by atoms with Gasteiger partial charge in [-0.25, -0.2) is 0 Å². The first kappa shape index (κ1) is 15.0. The zero-order valence-electron chi connectivity index (χ0n) is 12.4. The number of carbonyl (C=O) groups is 2. The van der Waals surface area contributed by atoms with E-state index in [0.29, 0.717) is 13.0 Å². The number of carbonyl (C=O) groups excluding carboxylic acids is 2. The highest BCUT2D eigenvalue weighted by Crippen LogP contribution is 2.19. The zero-order valence-corrected chi connectivity index (χ0v) is 12.4. The summed E-state index contributed by atoms with van der Waals surface area (Å²) in [6.45, 7) is 3.95. The fourth-order valence-corrected chi connectivity index (χ4v) is 2.17. The SMILES string of the molecule is CC(C)(C(=O)NCc1ccccc1)N1C=CC=CCC1=O. The Kier molecular flexibility index (Phi) is 4.58. The minimum absolute atomic E-state index is 0.0835. The summed E-state index contributed by atoms with van der Waals surface area (Å²) in [7, 11) is 0. The lowest BCUT2D eigenvalue weighted by molar-refractivity contribution is -0.141. The van der Waals surface area contributed by atoms with E-state index in [9.17, 15) is 9.59 Å². The van der Waals surface area contributed by atoms with Crippen molar-refractivity contribution in [2.45, 2.75) is 32.4 Å². The summed E-state index contributed by atoms with van der Waals surface area (Å²) < 4.78 is 0. The molecule has 0 aliphatic carbocycles. The number of nitrogens with one attached hydrogen (secondary N) is 1. The molecule has 4 nitrogen and oxygen atoms in total. The Balaban J connectivity index is 2.04. The smallest absolute Gasteiger partial charge is 0.246 e. The van der Waals surface area contributed by atoms with E-state index in [1.165, 1.54) is 4.90 Å². The number of benzene rings is 1. The van der Waals surface area contributed by atoms with Crippen molar-refractivity contribution in [3.05, 3.63) is 60.3 Å². The fraction of sp³-hybridized carbons (Fsp3) is 0.294. The van der Waals surface area contributed by atoms with Gasteiger partial charge in [0.15, 0.2) is 0 Å². The van der Waals surface area contributed by atoms with Gasteiger partial charge in [0.05, 0.1) is 0 Å². The van der Waals surface area contributed by atoms with E-state index in [0.717, 1.165) is 5.56 Å². The van der Waals surface area contributed by atoms with E-state index in [1.807, 2.05) is 36.4 Å². The number of allylic oxidation sites excluding steroid dienone is 2. The third-order valence-electron chi connectivity index (χ3n) is 3.50. The molecule has 0 bridgehead atoms. The van der Waals surface area contributed by atoms with Crippen LogP contribution in [0.25, 0.3) is 0 Å². The Hall–Kier alpha value is -2.36. The van der Waals surface area contributed by atoms with Crippen LogP contribution in [0.5, 0.6) is 0 Å². The van der Waals surface area contributed by atoms with Gasteiger partial charge in [-0.15, -0.1) is 0 Å². The standard InChI is InChI=1S/C17H20N2O2/c1-17(2,19-12-8-4-7-11-15(19)20)16(21)18-13-14-9-5-3-6-10-14/h3-10,12H,11,13H2,1-2H3,(H,18,21). The first-order valence-electron chi connectivity index (χ1n) is 6.99. The summed E-state index contributed by atoms with van der Waals surface area (Å²) in [5, 5.41) is 2.89. The number of hydrogen-bond acceptors (Lipinski definition) is 2. The van der Waals surface area contributed by atoms with Crippen LogP contribution in [0.4, 0.5) is 0 Å². The molecule has 21 heavy (non-hydrogen) atoms. The summed E-state index contributed by atoms with van der Waals surface area (Å²) >= 11 is 0. The van der Waals surface area contributed by atoms with Crippen LogP contribution in [-0.2, 0) is 16.1 Å².